The molecule has 30 heavy (non-hydrogen) atoms. The van der Waals surface area contributed by atoms with Gasteiger partial charge in [0.25, 0.3) is 5.91 Å². The maximum Gasteiger partial charge on any atom is 0.253 e. The molecule has 1 aromatic rings. The molecule has 2 N–H and O–H groups in total. The first-order chi connectivity index (χ1) is 14.5. The van der Waals surface area contributed by atoms with Crippen molar-refractivity contribution in [1.29, 1.82) is 0 Å². The first-order valence-electron chi connectivity index (χ1n) is 11.5. The monoisotopic (exact) mass is 415 g/mol. The number of guanidine groups is 1. The van der Waals surface area contributed by atoms with Crippen molar-refractivity contribution >= 4 is 11.9 Å². The number of rotatable bonds is 10. The maximum absolute atomic E-state index is 12.1. The summed E-state index contributed by atoms with van der Waals surface area (Å²) < 4.78 is 0. The third-order valence-electron chi connectivity index (χ3n) is 5.77. The molecule has 6 heteroatoms. The highest BCUT2D eigenvalue weighted by Gasteiger charge is 2.17. The SMILES string of the molecule is CCNC(=NCCCN(C)C1CCCCC1)NCCc1cccc(C(=O)N(C)C)c1. The minimum atomic E-state index is 0.0397. The molecule has 1 aliphatic rings. The molecule has 2 rings (SSSR count). The van der Waals surface area contributed by atoms with Crippen LogP contribution in [-0.2, 0) is 6.42 Å². The second kappa shape index (κ2) is 13.3. The first kappa shape index (κ1) is 24.2. The van der Waals surface area contributed by atoms with Gasteiger partial charge in [0.2, 0.25) is 0 Å². The van der Waals surface area contributed by atoms with E-state index in [0.717, 1.165) is 62.1 Å². The lowest BCUT2D eigenvalue weighted by atomic mass is 9.94. The van der Waals surface area contributed by atoms with Crippen molar-refractivity contribution in [1.82, 2.24) is 20.4 Å². The lowest BCUT2D eigenvalue weighted by Gasteiger charge is -2.31. The molecule has 0 aromatic heterocycles. The normalized spacial score (nSPS) is 15.3. The Bertz CT molecular complexity index is 667. The van der Waals surface area contributed by atoms with Gasteiger partial charge in [0, 0.05) is 45.3 Å². The maximum atomic E-state index is 12.1. The van der Waals surface area contributed by atoms with Gasteiger partial charge < -0.3 is 20.4 Å². The second-order valence-electron chi connectivity index (χ2n) is 8.46. The standard InChI is InChI=1S/C24H41N5O/c1-5-25-24(26-16-10-18-29(4)22-13-7-6-8-14-22)27-17-15-20-11-9-12-21(19-20)23(30)28(2)3/h9,11-12,19,22H,5-8,10,13-18H2,1-4H3,(H2,25,26,27). The highest BCUT2D eigenvalue weighted by molar-refractivity contribution is 5.94. The van der Waals surface area contributed by atoms with Gasteiger partial charge in [-0.2, -0.15) is 0 Å². The van der Waals surface area contributed by atoms with Crippen molar-refractivity contribution in [3.63, 3.8) is 0 Å². The molecule has 1 aromatic carbocycles. The summed E-state index contributed by atoms with van der Waals surface area (Å²) in [5, 5.41) is 6.75. The highest BCUT2D eigenvalue weighted by Crippen LogP contribution is 2.21. The Kier molecular flexibility index (Phi) is 10.7. The van der Waals surface area contributed by atoms with Crippen molar-refractivity contribution in [3.8, 4) is 0 Å². The Morgan fingerprint density at radius 2 is 1.90 bits per heavy atom. The number of amides is 1. The third kappa shape index (κ3) is 8.34. The Hall–Kier alpha value is -2.08. The van der Waals surface area contributed by atoms with Gasteiger partial charge in [0.15, 0.2) is 5.96 Å². The van der Waals surface area contributed by atoms with Gasteiger partial charge in [0.05, 0.1) is 0 Å². The van der Waals surface area contributed by atoms with Crippen LogP contribution in [0.5, 0.6) is 0 Å². The van der Waals surface area contributed by atoms with E-state index in [1.54, 1.807) is 19.0 Å². The fourth-order valence-corrected chi connectivity index (χ4v) is 4.00. The molecule has 0 bridgehead atoms. The van der Waals surface area contributed by atoms with E-state index in [0.29, 0.717) is 0 Å². The molecular formula is C24H41N5O. The number of nitrogens with one attached hydrogen (secondary N) is 2. The molecular weight excluding hydrogens is 374 g/mol. The van der Waals surface area contributed by atoms with E-state index in [1.165, 1.54) is 32.1 Å². The second-order valence-corrected chi connectivity index (χ2v) is 8.46. The van der Waals surface area contributed by atoms with E-state index in [2.05, 4.69) is 35.6 Å². The van der Waals surface area contributed by atoms with Crippen LogP contribution in [0.25, 0.3) is 0 Å². The molecule has 1 saturated carbocycles. The average molecular weight is 416 g/mol. The van der Waals surface area contributed by atoms with Crippen LogP contribution >= 0.6 is 0 Å². The number of nitrogens with zero attached hydrogens (tertiary/aromatic N) is 3. The minimum Gasteiger partial charge on any atom is -0.357 e. The zero-order valence-electron chi connectivity index (χ0n) is 19.4. The van der Waals surface area contributed by atoms with Crippen molar-refractivity contribution in [2.24, 2.45) is 4.99 Å². The molecule has 0 atom stereocenters. The summed E-state index contributed by atoms with van der Waals surface area (Å²) in [7, 11) is 5.82. The average Bonchev–Trinajstić information content (AvgIpc) is 2.76. The van der Waals surface area contributed by atoms with Crippen LogP contribution in [0.2, 0.25) is 0 Å². The first-order valence-corrected chi connectivity index (χ1v) is 11.5. The van der Waals surface area contributed by atoms with Gasteiger partial charge >= 0.3 is 0 Å². The number of carbonyl (C=O) groups excluding carboxylic acids is 1. The van der Waals surface area contributed by atoms with Crippen molar-refractivity contribution in [2.45, 2.75) is 57.9 Å². The summed E-state index contributed by atoms with van der Waals surface area (Å²) in [4.78, 5) is 21.0. The lowest BCUT2D eigenvalue weighted by Crippen LogP contribution is -2.38. The minimum absolute atomic E-state index is 0.0397. The molecule has 1 fully saturated rings. The topological polar surface area (TPSA) is 60.0 Å². The van der Waals surface area contributed by atoms with Crippen LogP contribution in [0.1, 0.15) is 61.4 Å². The number of hydrogen-bond acceptors (Lipinski definition) is 3. The molecule has 0 heterocycles. The highest BCUT2D eigenvalue weighted by atomic mass is 16.2. The summed E-state index contributed by atoms with van der Waals surface area (Å²) in [6.07, 6.45) is 8.81. The third-order valence-corrected chi connectivity index (χ3v) is 5.77. The molecule has 0 radical (unpaired) electrons. The number of aliphatic imine (C=N–C) groups is 1. The summed E-state index contributed by atoms with van der Waals surface area (Å²) in [6.45, 7) is 5.66. The van der Waals surface area contributed by atoms with E-state index in [-0.39, 0.29) is 5.91 Å². The van der Waals surface area contributed by atoms with Crippen LogP contribution in [0, 0.1) is 0 Å². The van der Waals surface area contributed by atoms with E-state index in [9.17, 15) is 4.79 Å². The van der Waals surface area contributed by atoms with Gasteiger partial charge in [-0.05, 0) is 63.9 Å². The molecule has 0 aliphatic heterocycles. The molecule has 0 spiro atoms. The van der Waals surface area contributed by atoms with Crippen LogP contribution in [0.3, 0.4) is 0 Å². The van der Waals surface area contributed by atoms with Crippen LogP contribution in [0.4, 0.5) is 0 Å². The van der Waals surface area contributed by atoms with Gasteiger partial charge in [-0.3, -0.25) is 9.79 Å². The van der Waals surface area contributed by atoms with Crippen LogP contribution < -0.4 is 10.6 Å². The lowest BCUT2D eigenvalue weighted by molar-refractivity contribution is 0.0827. The van der Waals surface area contributed by atoms with Gasteiger partial charge in [-0.25, -0.2) is 0 Å². The van der Waals surface area contributed by atoms with Crippen molar-refractivity contribution < 1.29 is 4.79 Å². The summed E-state index contributed by atoms with van der Waals surface area (Å²) in [5.74, 6) is 0.913. The Labute approximate surface area is 183 Å². The number of hydrogen-bond donors (Lipinski definition) is 2. The molecule has 6 nitrogen and oxygen atoms in total. The molecule has 168 valence electrons. The number of benzene rings is 1. The van der Waals surface area contributed by atoms with Crippen molar-refractivity contribution in [3.05, 3.63) is 35.4 Å². The van der Waals surface area contributed by atoms with Crippen LogP contribution in [0.15, 0.2) is 29.3 Å². The van der Waals surface area contributed by atoms with E-state index in [1.807, 2.05) is 18.2 Å². The summed E-state index contributed by atoms with van der Waals surface area (Å²) in [6, 6.07) is 8.64. The van der Waals surface area contributed by atoms with E-state index < -0.39 is 0 Å². The molecule has 0 saturated heterocycles. The largest absolute Gasteiger partial charge is 0.357 e. The zero-order valence-corrected chi connectivity index (χ0v) is 19.4. The fraction of sp³-hybridized carbons (Fsp3) is 0.667. The van der Waals surface area contributed by atoms with Gasteiger partial charge in [0.1, 0.15) is 0 Å². The van der Waals surface area contributed by atoms with Crippen molar-refractivity contribution in [2.75, 3.05) is 47.3 Å². The predicted octanol–water partition coefficient (Wildman–Crippen LogP) is 3.14. The summed E-state index contributed by atoms with van der Waals surface area (Å²) >= 11 is 0. The Morgan fingerprint density at radius 3 is 2.60 bits per heavy atom. The molecule has 1 aliphatic carbocycles. The van der Waals surface area contributed by atoms with E-state index >= 15 is 0 Å². The molecule has 1 amide bonds. The van der Waals surface area contributed by atoms with E-state index in [4.69, 9.17) is 4.99 Å². The Morgan fingerprint density at radius 1 is 1.13 bits per heavy atom. The Balaban J connectivity index is 1.75. The summed E-state index contributed by atoms with van der Waals surface area (Å²) in [5.41, 5.74) is 1.89. The zero-order chi connectivity index (χ0) is 21.8. The quantitative estimate of drug-likeness (QED) is 0.350. The number of carbonyl (C=O) groups is 1. The predicted molar refractivity (Wildman–Crippen MR) is 126 cm³/mol. The van der Waals surface area contributed by atoms with Gasteiger partial charge in [-0.1, -0.05) is 31.4 Å². The van der Waals surface area contributed by atoms with Crippen LogP contribution in [-0.4, -0.2) is 75.0 Å². The fourth-order valence-electron chi connectivity index (χ4n) is 4.00. The van der Waals surface area contributed by atoms with Gasteiger partial charge in [-0.15, -0.1) is 0 Å². The molecule has 0 unspecified atom stereocenters. The smallest absolute Gasteiger partial charge is 0.253 e.